The fourth-order valence-electron chi connectivity index (χ4n) is 2.29. The highest BCUT2D eigenvalue weighted by molar-refractivity contribution is 5.90. The maximum atomic E-state index is 11.8. The number of nitrogens with zero attached hydrogens (tertiary/aromatic N) is 1. The molecule has 3 rings (SSSR count). The summed E-state index contributed by atoms with van der Waals surface area (Å²) in [5, 5.41) is 8.60. The largest absolute Gasteiger partial charge is 0.496 e. The summed E-state index contributed by atoms with van der Waals surface area (Å²) in [6.07, 6.45) is 0.848. The van der Waals surface area contributed by atoms with Gasteiger partial charge >= 0.3 is 5.69 Å². The van der Waals surface area contributed by atoms with Gasteiger partial charge in [-0.05, 0) is 18.1 Å². The Morgan fingerprint density at radius 3 is 2.95 bits per heavy atom. The molecular weight excluding hydrogens is 260 g/mol. The van der Waals surface area contributed by atoms with Gasteiger partial charge in [0.1, 0.15) is 5.75 Å². The van der Waals surface area contributed by atoms with Crippen molar-refractivity contribution in [1.82, 2.24) is 20.5 Å². The standard InChI is InChI=1S/C13H14N4O3/c1-20-10-5-3-2-4-7(10)8-6-9(8)14-12(18)11-15-13(19)17-16-11/h2-5,8-9H,6H2,1H3,(H,14,18)(H2,15,16,17,19). The number of hydrogen-bond acceptors (Lipinski definition) is 4. The maximum Gasteiger partial charge on any atom is 0.341 e. The molecule has 3 N–H and O–H groups in total. The normalized spacial score (nSPS) is 20.4. The second-order valence-electron chi connectivity index (χ2n) is 4.69. The molecule has 1 saturated carbocycles. The van der Waals surface area contributed by atoms with Gasteiger partial charge in [-0.3, -0.25) is 9.78 Å². The molecule has 1 aromatic heterocycles. The number of ether oxygens (including phenoxy) is 1. The quantitative estimate of drug-likeness (QED) is 0.751. The van der Waals surface area contributed by atoms with Crippen molar-refractivity contribution in [3.63, 3.8) is 0 Å². The molecule has 1 aliphatic carbocycles. The van der Waals surface area contributed by atoms with Gasteiger partial charge in [-0.15, -0.1) is 5.10 Å². The van der Waals surface area contributed by atoms with Crippen LogP contribution in [0.2, 0.25) is 0 Å². The number of para-hydroxylation sites is 1. The van der Waals surface area contributed by atoms with Gasteiger partial charge in [-0.25, -0.2) is 9.89 Å². The summed E-state index contributed by atoms with van der Waals surface area (Å²) in [5.74, 6) is 0.676. The lowest BCUT2D eigenvalue weighted by Crippen LogP contribution is -2.28. The highest BCUT2D eigenvalue weighted by atomic mass is 16.5. The monoisotopic (exact) mass is 274 g/mol. The van der Waals surface area contributed by atoms with Gasteiger partial charge in [0.05, 0.1) is 7.11 Å². The average molecular weight is 274 g/mol. The first-order chi connectivity index (χ1) is 9.69. The molecule has 1 aliphatic rings. The number of amides is 1. The van der Waals surface area contributed by atoms with E-state index in [-0.39, 0.29) is 23.7 Å². The van der Waals surface area contributed by atoms with E-state index in [2.05, 4.69) is 20.5 Å². The highest BCUT2D eigenvalue weighted by Crippen LogP contribution is 2.44. The van der Waals surface area contributed by atoms with Gasteiger partial charge in [0.15, 0.2) is 0 Å². The van der Waals surface area contributed by atoms with Crippen LogP contribution in [0.5, 0.6) is 5.75 Å². The van der Waals surface area contributed by atoms with Crippen LogP contribution in [0.25, 0.3) is 0 Å². The number of aromatic nitrogens is 3. The first-order valence-corrected chi connectivity index (χ1v) is 6.27. The highest BCUT2D eigenvalue weighted by Gasteiger charge is 2.41. The minimum Gasteiger partial charge on any atom is -0.496 e. The predicted octanol–water partition coefficient (Wildman–Crippen LogP) is 0.392. The number of nitrogens with one attached hydrogen (secondary N) is 3. The van der Waals surface area contributed by atoms with Crippen LogP contribution in [0.4, 0.5) is 0 Å². The first-order valence-electron chi connectivity index (χ1n) is 6.27. The summed E-state index contributed by atoms with van der Waals surface area (Å²) in [6, 6.07) is 7.79. The van der Waals surface area contributed by atoms with Gasteiger partial charge in [0, 0.05) is 12.0 Å². The Morgan fingerprint density at radius 1 is 1.45 bits per heavy atom. The van der Waals surface area contributed by atoms with E-state index in [4.69, 9.17) is 4.74 Å². The van der Waals surface area contributed by atoms with Gasteiger partial charge in [-0.1, -0.05) is 18.2 Å². The molecule has 0 aliphatic heterocycles. The second kappa shape index (κ2) is 4.84. The molecule has 0 saturated heterocycles. The smallest absolute Gasteiger partial charge is 0.341 e. The van der Waals surface area contributed by atoms with E-state index in [9.17, 15) is 9.59 Å². The fourth-order valence-corrected chi connectivity index (χ4v) is 2.29. The van der Waals surface area contributed by atoms with Crippen molar-refractivity contribution in [1.29, 1.82) is 0 Å². The molecule has 2 unspecified atom stereocenters. The summed E-state index contributed by atoms with van der Waals surface area (Å²) in [7, 11) is 1.63. The van der Waals surface area contributed by atoms with Crippen LogP contribution in [-0.2, 0) is 0 Å². The number of benzene rings is 1. The van der Waals surface area contributed by atoms with E-state index < -0.39 is 5.69 Å². The summed E-state index contributed by atoms with van der Waals surface area (Å²) >= 11 is 0. The van der Waals surface area contributed by atoms with Crippen LogP contribution < -0.4 is 15.7 Å². The molecule has 0 bridgehead atoms. The van der Waals surface area contributed by atoms with Gasteiger partial charge in [0.2, 0.25) is 5.82 Å². The van der Waals surface area contributed by atoms with E-state index in [1.54, 1.807) is 7.11 Å². The second-order valence-corrected chi connectivity index (χ2v) is 4.69. The SMILES string of the molecule is COc1ccccc1C1CC1NC(=O)c1n[nH]c(=O)[nH]1. The fraction of sp³-hybridized carbons (Fsp3) is 0.308. The molecular formula is C13H14N4O3. The van der Waals surface area contributed by atoms with Crippen LogP contribution >= 0.6 is 0 Å². The van der Waals surface area contributed by atoms with Crippen LogP contribution in [0, 0.1) is 0 Å². The topological polar surface area (TPSA) is 99.9 Å². The van der Waals surface area contributed by atoms with E-state index in [0.29, 0.717) is 0 Å². The third-order valence-corrected chi connectivity index (χ3v) is 3.36. The van der Waals surface area contributed by atoms with Crippen molar-refractivity contribution < 1.29 is 9.53 Å². The zero-order valence-corrected chi connectivity index (χ0v) is 10.8. The summed E-state index contributed by atoms with van der Waals surface area (Å²) in [6.45, 7) is 0. The van der Waals surface area contributed by atoms with Crippen molar-refractivity contribution in [2.45, 2.75) is 18.4 Å². The number of rotatable bonds is 4. The van der Waals surface area contributed by atoms with Crippen LogP contribution in [0.1, 0.15) is 28.5 Å². The van der Waals surface area contributed by atoms with Crippen molar-refractivity contribution in [2.24, 2.45) is 0 Å². The van der Waals surface area contributed by atoms with Crippen molar-refractivity contribution in [3.8, 4) is 5.75 Å². The Hall–Kier alpha value is -2.57. The average Bonchev–Trinajstić information content (AvgIpc) is 3.08. The molecule has 1 aromatic carbocycles. The molecule has 104 valence electrons. The molecule has 2 atom stereocenters. The summed E-state index contributed by atoms with van der Waals surface area (Å²) in [4.78, 5) is 25.1. The molecule has 7 nitrogen and oxygen atoms in total. The van der Waals surface area contributed by atoms with Crippen molar-refractivity contribution in [3.05, 3.63) is 46.1 Å². The number of carbonyl (C=O) groups is 1. The minimum absolute atomic E-state index is 0.000627. The lowest BCUT2D eigenvalue weighted by Gasteiger charge is -2.07. The number of H-pyrrole nitrogens is 2. The van der Waals surface area contributed by atoms with E-state index >= 15 is 0 Å². The van der Waals surface area contributed by atoms with E-state index in [0.717, 1.165) is 17.7 Å². The van der Waals surface area contributed by atoms with E-state index in [1.165, 1.54) is 0 Å². The molecule has 20 heavy (non-hydrogen) atoms. The zero-order chi connectivity index (χ0) is 14.1. The van der Waals surface area contributed by atoms with Crippen LogP contribution in [0.15, 0.2) is 29.1 Å². The molecule has 1 heterocycles. The third-order valence-electron chi connectivity index (χ3n) is 3.36. The Bertz CT molecular complexity index is 691. The molecule has 1 fully saturated rings. The van der Waals surface area contributed by atoms with Gasteiger partial charge in [0.25, 0.3) is 5.91 Å². The Kier molecular flexibility index (Phi) is 3.02. The van der Waals surface area contributed by atoms with E-state index in [1.807, 2.05) is 24.3 Å². The third kappa shape index (κ3) is 2.29. The number of methoxy groups -OCH3 is 1. The summed E-state index contributed by atoms with van der Waals surface area (Å²) < 4.78 is 5.31. The molecule has 1 amide bonds. The molecule has 7 heteroatoms. The Balaban J connectivity index is 1.67. The Labute approximate surface area is 114 Å². The van der Waals surface area contributed by atoms with Crippen molar-refractivity contribution in [2.75, 3.05) is 7.11 Å². The Morgan fingerprint density at radius 2 is 2.25 bits per heavy atom. The van der Waals surface area contributed by atoms with Crippen LogP contribution in [0.3, 0.4) is 0 Å². The number of carbonyl (C=O) groups excluding carboxylic acids is 1. The number of hydrogen-bond donors (Lipinski definition) is 3. The summed E-state index contributed by atoms with van der Waals surface area (Å²) in [5.41, 5.74) is 0.586. The lowest BCUT2D eigenvalue weighted by molar-refractivity contribution is 0.0940. The van der Waals surface area contributed by atoms with Gasteiger partial charge < -0.3 is 10.1 Å². The molecule has 2 aromatic rings. The molecule has 0 radical (unpaired) electrons. The van der Waals surface area contributed by atoms with Gasteiger partial charge in [-0.2, -0.15) is 0 Å². The first kappa shape index (κ1) is 12.5. The maximum absolute atomic E-state index is 11.8. The van der Waals surface area contributed by atoms with Crippen molar-refractivity contribution >= 4 is 5.91 Å². The lowest BCUT2D eigenvalue weighted by atomic mass is 10.1. The predicted molar refractivity (Wildman–Crippen MR) is 70.8 cm³/mol. The van der Waals surface area contributed by atoms with Crippen LogP contribution in [-0.4, -0.2) is 34.2 Å². The molecule has 0 spiro atoms. The zero-order valence-electron chi connectivity index (χ0n) is 10.8. The number of aromatic amines is 2. The minimum atomic E-state index is -0.493.